The highest BCUT2D eigenvalue weighted by Gasteiger charge is 2.07. The molecule has 4 heteroatoms. The Morgan fingerprint density at radius 3 is 2.67 bits per heavy atom. The Morgan fingerprint density at radius 2 is 2.17 bits per heavy atom. The van der Waals surface area contributed by atoms with Crippen LogP contribution in [0.3, 0.4) is 0 Å². The lowest BCUT2D eigenvalue weighted by molar-refractivity contribution is -0.268. The van der Waals surface area contributed by atoms with Gasteiger partial charge in [-0.3, -0.25) is 4.79 Å². The predicted octanol–water partition coefficient (Wildman–Crippen LogP) is 0.271. The molecule has 0 radical (unpaired) electrons. The highest BCUT2D eigenvalue weighted by Crippen LogP contribution is 2.12. The van der Waals surface area contributed by atoms with E-state index in [2.05, 4.69) is 0 Å². The summed E-state index contributed by atoms with van der Waals surface area (Å²) in [7, 11) is 0. The molecule has 0 fully saturated rings. The molecule has 0 bridgehead atoms. The molecule has 0 saturated carbocycles. The van der Waals surface area contributed by atoms with Gasteiger partial charge in [0.2, 0.25) is 0 Å². The van der Waals surface area contributed by atoms with Gasteiger partial charge in [0, 0.05) is 5.56 Å². The first kappa shape index (κ1) is 8.26. The number of rotatable bonds is 2. The van der Waals surface area contributed by atoms with Gasteiger partial charge in [-0.2, -0.15) is 0 Å². The van der Waals surface area contributed by atoms with Crippen molar-refractivity contribution in [2.24, 2.45) is 0 Å². The van der Waals surface area contributed by atoms with Crippen molar-refractivity contribution in [3.63, 3.8) is 0 Å². The van der Waals surface area contributed by atoms with Crippen molar-refractivity contribution in [1.82, 2.24) is 0 Å². The van der Waals surface area contributed by atoms with E-state index in [1.54, 1.807) is 0 Å². The van der Waals surface area contributed by atoms with E-state index in [9.17, 15) is 14.7 Å². The van der Waals surface area contributed by atoms with Crippen LogP contribution in [0.1, 0.15) is 20.7 Å². The van der Waals surface area contributed by atoms with Crippen LogP contribution in [-0.2, 0) is 0 Å². The van der Waals surface area contributed by atoms with Gasteiger partial charge < -0.3 is 10.2 Å². The highest BCUT2D eigenvalue weighted by molar-refractivity contribution is 5.97. The van der Waals surface area contributed by atoms with Crippen LogP contribution >= 0.6 is 0 Å². The van der Waals surface area contributed by atoms with Gasteiger partial charge in [0.15, 0.2) is 6.29 Å². The lowest BCUT2D eigenvalue weighted by atomic mass is 10.1. The summed E-state index contributed by atoms with van der Waals surface area (Å²) in [4.78, 5) is 20.7. The molecule has 0 aliphatic heterocycles. The molecule has 4 nitrogen and oxygen atoms in total. The van der Waals surface area contributed by atoms with Gasteiger partial charge in [-0.15, -0.1) is 5.75 Å². The number of aldehydes is 1. The SMILES string of the molecule is O=Cc1cc([O-])ccc1C(=O)O. The van der Waals surface area contributed by atoms with Crippen molar-refractivity contribution >= 4 is 12.3 Å². The zero-order valence-electron chi connectivity index (χ0n) is 5.98. The molecule has 0 aliphatic carbocycles. The van der Waals surface area contributed by atoms with Gasteiger partial charge in [0.05, 0.1) is 5.56 Å². The maximum atomic E-state index is 10.7. The molecule has 12 heavy (non-hydrogen) atoms. The van der Waals surface area contributed by atoms with E-state index in [0.717, 1.165) is 18.2 Å². The number of carbonyl (C=O) groups excluding carboxylic acids is 1. The lowest BCUT2D eigenvalue weighted by Gasteiger charge is -2.06. The largest absolute Gasteiger partial charge is 0.872 e. The number of aromatic carboxylic acids is 1. The summed E-state index contributed by atoms with van der Waals surface area (Å²) in [6, 6.07) is 3.22. The third-order valence-electron chi connectivity index (χ3n) is 1.38. The summed E-state index contributed by atoms with van der Waals surface area (Å²) < 4.78 is 0. The van der Waals surface area contributed by atoms with Gasteiger partial charge in [-0.1, -0.05) is 12.1 Å². The van der Waals surface area contributed by atoms with Crippen molar-refractivity contribution in [3.05, 3.63) is 29.3 Å². The molecule has 1 aromatic rings. The molecule has 1 N–H and O–H groups in total. The molecular weight excluding hydrogens is 160 g/mol. The molecule has 0 heterocycles. The van der Waals surface area contributed by atoms with E-state index in [-0.39, 0.29) is 16.9 Å². The van der Waals surface area contributed by atoms with Crippen molar-refractivity contribution < 1.29 is 19.8 Å². The molecule has 62 valence electrons. The summed E-state index contributed by atoms with van der Waals surface area (Å²) in [5, 5.41) is 19.2. The Bertz CT molecular complexity index is 330. The molecule has 0 aliphatic rings. The van der Waals surface area contributed by atoms with Crippen LogP contribution in [0.4, 0.5) is 0 Å². The van der Waals surface area contributed by atoms with Gasteiger partial charge in [-0.05, 0) is 6.07 Å². The molecule has 1 aromatic carbocycles. The molecule has 0 unspecified atom stereocenters. The molecule has 0 saturated heterocycles. The van der Waals surface area contributed by atoms with Crippen LogP contribution in [0.15, 0.2) is 18.2 Å². The van der Waals surface area contributed by atoms with Gasteiger partial charge in [-0.25, -0.2) is 4.79 Å². The van der Waals surface area contributed by atoms with Crippen molar-refractivity contribution in [2.75, 3.05) is 0 Å². The van der Waals surface area contributed by atoms with Gasteiger partial charge in [0.25, 0.3) is 0 Å². The maximum absolute atomic E-state index is 10.7. The van der Waals surface area contributed by atoms with E-state index in [4.69, 9.17) is 5.11 Å². The Hall–Kier alpha value is -1.84. The van der Waals surface area contributed by atoms with Crippen LogP contribution in [0.25, 0.3) is 0 Å². The van der Waals surface area contributed by atoms with Crippen LogP contribution in [0, 0.1) is 0 Å². The number of hydrogen-bond acceptors (Lipinski definition) is 3. The Labute approximate surface area is 68.1 Å². The van der Waals surface area contributed by atoms with Crippen molar-refractivity contribution in [3.8, 4) is 5.75 Å². The summed E-state index contributed by atoms with van der Waals surface area (Å²) >= 11 is 0. The van der Waals surface area contributed by atoms with E-state index in [1.807, 2.05) is 0 Å². The topological polar surface area (TPSA) is 77.4 Å². The summed E-state index contributed by atoms with van der Waals surface area (Å²) in [6.07, 6.45) is 0.352. The number of carboxylic acids is 1. The molecular formula is C8H5O4-. The van der Waals surface area contributed by atoms with Crippen molar-refractivity contribution in [2.45, 2.75) is 0 Å². The molecule has 0 atom stereocenters. The molecule has 0 aromatic heterocycles. The fourth-order valence-corrected chi connectivity index (χ4v) is 0.833. The maximum Gasteiger partial charge on any atom is 0.336 e. The van der Waals surface area contributed by atoms with Crippen molar-refractivity contribution in [1.29, 1.82) is 0 Å². The monoisotopic (exact) mass is 165 g/mol. The van der Waals surface area contributed by atoms with E-state index >= 15 is 0 Å². The minimum atomic E-state index is -1.21. The first-order valence-corrected chi connectivity index (χ1v) is 3.14. The van der Waals surface area contributed by atoms with E-state index in [0.29, 0.717) is 6.29 Å². The zero-order valence-corrected chi connectivity index (χ0v) is 5.98. The van der Waals surface area contributed by atoms with Crippen LogP contribution in [0.2, 0.25) is 0 Å². The van der Waals surface area contributed by atoms with Crippen LogP contribution in [0.5, 0.6) is 5.75 Å². The number of hydrogen-bond donors (Lipinski definition) is 1. The van der Waals surface area contributed by atoms with Gasteiger partial charge in [0.1, 0.15) is 0 Å². The number of carbonyl (C=O) groups is 2. The average Bonchev–Trinajstić information content (AvgIpc) is 2.03. The highest BCUT2D eigenvalue weighted by atomic mass is 16.4. The molecule has 1 rings (SSSR count). The second-order valence-electron chi connectivity index (χ2n) is 2.17. The smallest absolute Gasteiger partial charge is 0.336 e. The first-order chi connectivity index (χ1) is 5.65. The Morgan fingerprint density at radius 1 is 1.50 bits per heavy atom. The van der Waals surface area contributed by atoms with Gasteiger partial charge >= 0.3 is 5.97 Å². The van der Waals surface area contributed by atoms with Crippen LogP contribution < -0.4 is 5.11 Å². The number of benzene rings is 1. The quantitative estimate of drug-likeness (QED) is 0.638. The minimum absolute atomic E-state index is 0.0880. The Balaban J connectivity index is 3.29. The molecule has 0 spiro atoms. The standard InChI is InChI=1S/C8H6O4/c9-4-5-3-6(10)1-2-7(5)8(11)12/h1-4,10H,(H,11,12)/p-1. The summed E-state index contributed by atoms with van der Waals surface area (Å²) in [5.41, 5.74) is -0.236. The lowest BCUT2D eigenvalue weighted by Crippen LogP contribution is -2.02. The second-order valence-corrected chi connectivity index (χ2v) is 2.17. The fraction of sp³-hybridized carbons (Fsp3) is 0. The third-order valence-corrected chi connectivity index (χ3v) is 1.38. The first-order valence-electron chi connectivity index (χ1n) is 3.14. The zero-order chi connectivity index (χ0) is 9.14. The Kier molecular flexibility index (Phi) is 2.09. The minimum Gasteiger partial charge on any atom is -0.872 e. The second kappa shape index (κ2) is 3.04. The number of carboxylic acid groups (broad SMARTS) is 1. The normalized spacial score (nSPS) is 9.33. The predicted molar refractivity (Wildman–Crippen MR) is 38.2 cm³/mol. The fourth-order valence-electron chi connectivity index (χ4n) is 0.833. The summed E-state index contributed by atoms with van der Waals surface area (Å²) in [5.74, 6) is -1.58. The third kappa shape index (κ3) is 1.42. The van der Waals surface area contributed by atoms with E-state index < -0.39 is 5.97 Å². The molecule has 0 amide bonds. The van der Waals surface area contributed by atoms with E-state index in [1.165, 1.54) is 0 Å². The van der Waals surface area contributed by atoms with Crippen LogP contribution in [-0.4, -0.2) is 17.4 Å². The summed E-state index contributed by atoms with van der Waals surface area (Å²) in [6.45, 7) is 0. The average molecular weight is 165 g/mol.